The van der Waals surface area contributed by atoms with E-state index in [1.165, 1.54) is 0 Å². The highest BCUT2D eigenvalue weighted by Gasteiger charge is 2.50. The van der Waals surface area contributed by atoms with E-state index in [4.69, 9.17) is 16.6 Å². The molecule has 5 aromatic carbocycles. The minimum Gasteiger partial charge on any atom is -0.858 e. The second-order valence-corrected chi connectivity index (χ2v) is 13.2. The van der Waals surface area contributed by atoms with Crippen LogP contribution in [0.4, 0.5) is 0 Å². The maximum Gasteiger partial charge on any atom is 0.204 e. The summed E-state index contributed by atoms with van der Waals surface area (Å²) in [7, 11) is -2.56. The summed E-state index contributed by atoms with van der Waals surface area (Å²) in [6.07, 6.45) is 0. The first kappa shape index (κ1) is 26.0. The van der Waals surface area contributed by atoms with E-state index in [0.717, 1.165) is 26.2 Å². The molecule has 0 heterocycles. The van der Waals surface area contributed by atoms with Gasteiger partial charge in [-0.2, -0.15) is 0 Å². The van der Waals surface area contributed by atoms with Crippen molar-refractivity contribution >= 4 is 52.4 Å². The molecule has 0 saturated carbocycles. The summed E-state index contributed by atoms with van der Waals surface area (Å²) >= 11 is 7.69. The molecule has 0 aliphatic rings. The molecule has 0 unspecified atom stereocenters. The summed E-state index contributed by atoms with van der Waals surface area (Å²) in [5.41, 5.74) is 1.30. The zero-order valence-electron chi connectivity index (χ0n) is 20.5. The zero-order valence-corrected chi connectivity index (χ0v) is 23.0. The predicted octanol–water partition coefficient (Wildman–Crippen LogP) is 7.03. The van der Waals surface area contributed by atoms with Gasteiger partial charge in [0.2, 0.25) is 5.44 Å². The van der Waals surface area contributed by atoms with Crippen molar-refractivity contribution < 1.29 is 5.11 Å². The molecule has 2 nitrogen and oxygen atoms in total. The number of hydrogen-bond donors (Lipinski definition) is 0. The number of nitrogens with zero attached hydrogens (tertiary/aromatic N) is 1. The fraction of sp³-hybridized carbons (Fsp3) is 0. The molecule has 0 bridgehead atoms. The summed E-state index contributed by atoms with van der Waals surface area (Å²) in [5.74, 6) is -0.263. The zero-order chi connectivity index (χ0) is 26.2. The Morgan fingerprint density at radius 3 is 1.47 bits per heavy atom. The molecule has 0 radical (unpaired) electrons. The van der Waals surface area contributed by atoms with Crippen molar-refractivity contribution in [3.05, 3.63) is 167 Å². The third kappa shape index (κ3) is 5.61. The second-order valence-electron chi connectivity index (χ2n) is 8.51. The number of halogens is 1. The number of hydrogen-bond acceptors (Lipinski definition) is 3. The number of rotatable bonds is 8. The Morgan fingerprint density at radius 1 is 0.605 bits per heavy atom. The molecule has 0 fully saturated rings. The van der Waals surface area contributed by atoms with Crippen molar-refractivity contribution in [3.63, 3.8) is 0 Å². The van der Waals surface area contributed by atoms with Crippen LogP contribution in [-0.2, 0) is 0 Å². The van der Waals surface area contributed by atoms with Crippen molar-refractivity contribution in [3.8, 4) is 0 Å². The van der Waals surface area contributed by atoms with Crippen LogP contribution in [-0.4, -0.2) is 5.90 Å². The molecule has 0 amide bonds. The Kier molecular flexibility index (Phi) is 8.41. The third-order valence-electron chi connectivity index (χ3n) is 6.13. The molecule has 0 atom stereocenters. The first-order valence-corrected chi connectivity index (χ1v) is 15.2. The summed E-state index contributed by atoms with van der Waals surface area (Å²) in [5, 5.41) is 19.8. The fourth-order valence-electron chi connectivity index (χ4n) is 4.36. The van der Waals surface area contributed by atoms with E-state index < -0.39 is 7.26 Å². The fourth-order valence-corrected chi connectivity index (χ4v) is 9.65. The van der Waals surface area contributed by atoms with Gasteiger partial charge in [0.25, 0.3) is 0 Å². The summed E-state index contributed by atoms with van der Waals surface area (Å²) in [4.78, 5) is 5.92. The van der Waals surface area contributed by atoms with Gasteiger partial charge in [0.1, 0.15) is 15.9 Å². The van der Waals surface area contributed by atoms with Crippen LogP contribution in [0.15, 0.2) is 166 Å². The first-order chi connectivity index (χ1) is 18.7. The summed E-state index contributed by atoms with van der Waals surface area (Å²) in [6.45, 7) is 0. The second kappa shape index (κ2) is 12.3. The van der Waals surface area contributed by atoms with Crippen molar-refractivity contribution in [2.75, 3.05) is 0 Å². The molecule has 0 aliphatic carbocycles. The van der Waals surface area contributed by atoms with Crippen LogP contribution in [0.1, 0.15) is 5.56 Å². The lowest BCUT2D eigenvalue weighted by Crippen LogP contribution is -2.33. The third-order valence-corrected chi connectivity index (χ3v) is 11.6. The van der Waals surface area contributed by atoms with Crippen LogP contribution in [0.5, 0.6) is 0 Å². The molecule has 5 rings (SSSR count). The lowest BCUT2D eigenvalue weighted by atomic mass is 10.2. The number of thioether (sulfide) groups is 1. The van der Waals surface area contributed by atoms with E-state index in [-0.39, 0.29) is 5.90 Å². The Labute approximate surface area is 233 Å². The SMILES string of the molecule is [O-]C(=NC(=CSc1ccc(Cl)cc1)[P+](c1ccccc1)(c1ccccc1)c1ccccc1)c1ccccc1. The Bertz CT molecular complexity index is 1430. The van der Waals surface area contributed by atoms with Crippen molar-refractivity contribution in [1.82, 2.24) is 0 Å². The largest absolute Gasteiger partial charge is 0.858 e. The van der Waals surface area contributed by atoms with Crippen molar-refractivity contribution in [2.45, 2.75) is 4.90 Å². The van der Waals surface area contributed by atoms with E-state index in [9.17, 15) is 5.11 Å². The summed E-state index contributed by atoms with van der Waals surface area (Å²) < 4.78 is 0. The Hall–Kier alpha value is -3.62. The quantitative estimate of drug-likeness (QED) is 0.0901. The van der Waals surface area contributed by atoms with Crippen LogP contribution in [0, 0.1) is 0 Å². The predicted molar refractivity (Wildman–Crippen MR) is 164 cm³/mol. The molecule has 0 spiro atoms. The van der Waals surface area contributed by atoms with Gasteiger partial charge in [-0.15, -0.1) is 0 Å². The van der Waals surface area contributed by atoms with Gasteiger partial charge < -0.3 is 5.11 Å². The smallest absolute Gasteiger partial charge is 0.204 e. The average Bonchev–Trinajstić information content (AvgIpc) is 2.99. The van der Waals surface area contributed by atoms with Crippen LogP contribution in [0.25, 0.3) is 0 Å². The molecule has 186 valence electrons. The van der Waals surface area contributed by atoms with Crippen LogP contribution < -0.4 is 21.0 Å². The van der Waals surface area contributed by atoms with Crippen LogP contribution in [0.2, 0.25) is 5.02 Å². The van der Waals surface area contributed by atoms with E-state index in [1.54, 1.807) is 11.8 Å². The normalized spacial score (nSPS) is 12.3. The minimum atomic E-state index is -2.56. The van der Waals surface area contributed by atoms with E-state index in [2.05, 4.69) is 72.8 Å². The van der Waals surface area contributed by atoms with Crippen LogP contribution >= 0.6 is 30.6 Å². The van der Waals surface area contributed by atoms with Gasteiger partial charge in [-0.05, 0) is 72.1 Å². The first-order valence-electron chi connectivity index (χ1n) is 12.2. The number of aliphatic imine (C=N–C) groups is 1. The highest BCUT2D eigenvalue weighted by molar-refractivity contribution is 8.04. The van der Waals surface area contributed by atoms with Crippen LogP contribution in [0.3, 0.4) is 0 Å². The molecule has 5 heteroatoms. The Balaban J connectivity index is 1.82. The lowest BCUT2D eigenvalue weighted by Gasteiger charge is -2.28. The standard InChI is InChI=1S/C33H25ClNOPS/c34-27-21-23-31(24-22-27)38-25-32(35-33(36)26-13-5-1-6-14-26)37(28-15-7-2-8-16-28,29-17-9-3-10-18-29)30-19-11-4-12-20-30/h1-25H. The maximum absolute atomic E-state index is 13.6. The lowest BCUT2D eigenvalue weighted by molar-refractivity contribution is -0.212. The average molecular weight is 550 g/mol. The van der Waals surface area contributed by atoms with Gasteiger partial charge in [-0.25, -0.2) is 4.99 Å². The van der Waals surface area contributed by atoms with Gasteiger partial charge in [-0.1, -0.05) is 108 Å². The van der Waals surface area contributed by atoms with E-state index in [1.807, 2.05) is 78.2 Å². The van der Waals surface area contributed by atoms with Crippen molar-refractivity contribution in [1.29, 1.82) is 0 Å². The molecular weight excluding hydrogens is 525 g/mol. The molecule has 0 saturated heterocycles. The monoisotopic (exact) mass is 549 g/mol. The molecule has 5 aromatic rings. The number of benzene rings is 5. The van der Waals surface area contributed by atoms with Gasteiger partial charge >= 0.3 is 0 Å². The Morgan fingerprint density at radius 2 is 1.03 bits per heavy atom. The molecule has 0 N–H and O–H groups in total. The summed E-state index contributed by atoms with van der Waals surface area (Å²) in [6, 6.07) is 48.2. The molecule has 0 aliphatic heterocycles. The molecule has 38 heavy (non-hydrogen) atoms. The van der Waals surface area contributed by atoms with E-state index in [0.29, 0.717) is 10.6 Å². The highest BCUT2D eigenvalue weighted by Crippen LogP contribution is 2.63. The maximum atomic E-state index is 13.6. The van der Waals surface area contributed by atoms with Gasteiger partial charge in [0.15, 0.2) is 7.26 Å². The minimum absolute atomic E-state index is 0.263. The van der Waals surface area contributed by atoms with Gasteiger partial charge in [0, 0.05) is 15.3 Å². The van der Waals surface area contributed by atoms with Gasteiger partial charge in [-0.3, -0.25) is 0 Å². The topological polar surface area (TPSA) is 35.4 Å². The molecule has 0 aromatic heterocycles. The molecular formula is C33H25ClNOPS. The highest BCUT2D eigenvalue weighted by atomic mass is 35.5. The van der Waals surface area contributed by atoms with E-state index >= 15 is 0 Å². The van der Waals surface area contributed by atoms with Crippen molar-refractivity contribution in [2.24, 2.45) is 4.99 Å². The van der Waals surface area contributed by atoms with Gasteiger partial charge in [0.05, 0.1) is 0 Å².